The molecule has 10 aromatic rings. The Balaban J connectivity index is 0.000000168. The van der Waals surface area contributed by atoms with Crippen LogP contribution in [0, 0.1) is 125 Å². The van der Waals surface area contributed by atoms with Crippen molar-refractivity contribution in [3.8, 4) is 59.2 Å². The van der Waals surface area contributed by atoms with Gasteiger partial charge in [0.25, 0.3) is 0 Å². The second kappa shape index (κ2) is 65.2. The molecule has 0 bridgehead atoms. The van der Waals surface area contributed by atoms with E-state index in [4.69, 9.17) is 0 Å². The average Bonchev–Trinajstić information content (AvgIpc) is 0.873. The lowest BCUT2D eigenvalue weighted by Crippen LogP contribution is -2.15. The zero-order valence-corrected chi connectivity index (χ0v) is 89.2. The van der Waals surface area contributed by atoms with E-state index in [2.05, 4.69) is 371 Å². The number of hydrogen-bond acceptors (Lipinski definition) is 0. The van der Waals surface area contributed by atoms with Crippen molar-refractivity contribution >= 4 is 0 Å². The summed E-state index contributed by atoms with van der Waals surface area (Å²) in [4.78, 5) is 0. The lowest BCUT2D eigenvalue weighted by atomic mass is 9.78. The molecular weight excluding hydrogens is 1680 g/mol. The quantitative estimate of drug-likeness (QED) is 0.0274. The van der Waals surface area contributed by atoms with Crippen molar-refractivity contribution in [2.45, 2.75) is 390 Å². The molecule has 0 heteroatoms. The molecule has 0 heterocycles. The molecule has 0 spiro atoms. The Bertz CT molecular complexity index is 5320. The van der Waals surface area contributed by atoms with Gasteiger partial charge >= 0.3 is 0 Å². The van der Waals surface area contributed by atoms with Crippen LogP contribution in [-0.2, 0) is 57.8 Å². The topological polar surface area (TPSA) is 0 Å². The SMILES string of the molecule is CCCC1CCC(CCc2ccc(C#Cc3ccc(C)cc3)cc2)CC1.CCCC1CCC(CCc2ccc(C#Cc3ccc(CC)cc3)cc2)CC1.CCCCCc1ccc(C#Cc2ccc(CCC3CCC(CCC)CC3)cc2)cc1.CCCCc1ccc(C#Cc2ccc(CCC3CCC(CCC)CC3)cc2)cc1.CCCc1ccc(C#Cc2ccc(CCC3CCC(CCC)CC3)cc2)cc1. The second-order valence-electron chi connectivity index (χ2n) is 43.1. The van der Waals surface area contributed by atoms with Crippen LogP contribution in [0.3, 0.4) is 0 Å². The van der Waals surface area contributed by atoms with E-state index in [0.29, 0.717) is 0 Å². The Morgan fingerprint density at radius 1 is 0.150 bits per heavy atom. The molecule has 0 aromatic heterocycles. The van der Waals surface area contributed by atoms with Gasteiger partial charge in [-0.25, -0.2) is 0 Å². The van der Waals surface area contributed by atoms with Crippen LogP contribution >= 0.6 is 0 Å². The van der Waals surface area contributed by atoms with Crippen LogP contribution in [0.2, 0.25) is 0 Å². The lowest BCUT2D eigenvalue weighted by molar-refractivity contribution is 0.252. The smallest absolute Gasteiger partial charge is 0.0249 e. The highest BCUT2D eigenvalue weighted by atomic mass is 14.3. The van der Waals surface area contributed by atoms with Crippen LogP contribution < -0.4 is 0 Å². The number of aryl methyl sites for hydroxylation is 10. The summed E-state index contributed by atoms with van der Waals surface area (Å²) in [6.07, 6.45) is 68.2. The predicted molar refractivity (Wildman–Crippen MR) is 608 cm³/mol. The molecule has 5 fully saturated rings. The third-order valence-electron chi connectivity index (χ3n) is 31.8. The Kier molecular flexibility index (Phi) is 51.4. The average molecular weight is 1860 g/mol. The highest BCUT2D eigenvalue weighted by molar-refractivity contribution is 5.49. The minimum Gasteiger partial charge on any atom is -0.0654 e. The molecule has 0 amide bonds. The molecule has 0 saturated heterocycles. The highest BCUT2D eigenvalue weighted by Gasteiger charge is 2.26. The molecule has 5 aliphatic rings. The number of benzene rings is 10. The van der Waals surface area contributed by atoms with E-state index in [0.717, 1.165) is 128 Å². The van der Waals surface area contributed by atoms with Crippen molar-refractivity contribution in [3.63, 3.8) is 0 Å². The van der Waals surface area contributed by atoms with Gasteiger partial charge in [-0.15, -0.1) is 0 Å². The number of hydrogen-bond donors (Lipinski definition) is 0. The van der Waals surface area contributed by atoms with Crippen LogP contribution in [0.4, 0.5) is 0 Å². The molecule has 10 aromatic carbocycles. The summed E-state index contributed by atoms with van der Waals surface area (Å²) in [5.41, 5.74) is 25.2. The molecule has 5 saturated carbocycles. The highest BCUT2D eigenvalue weighted by Crippen LogP contribution is 2.39. The summed E-state index contributed by atoms with van der Waals surface area (Å²) in [6, 6.07) is 87.8. The first-order valence-corrected chi connectivity index (χ1v) is 57.3. The van der Waals surface area contributed by atoms with Crippen molar-refractivity contribution in [1.82, 2.24) is 0 Å². The summed E-state index contributed by atoms with van der Waals surface area (Å²) >= 11 is 0. The summed E-state index contributed by atoms with van der Waals surface area (Å²) in [6.45, 7) is 22.6. The van der Waals surface area contributed by atoms with Gasteiger partial charge in [-0.3, -0.25) is 0 Å². The maximum Gasteiger partial charge on any atom is 0.0249 e. The molecule has 5 aliphatic carbocycles. The van der Waals surface area contributed by atoms with E-state index in [9.17, 15) is 0 Å². The molecule has 0 N–H and O–H groups in total. The number of unbranched alkanes of at least 4 members (excludes halogenated alkanes) is 3. The third-order valence-corrected chi connectivity index (χ3v) is 31.8. The van der Waals surface area contributed by atoms with Crippen LogP contribution in [0.15, 0.2) is 243 Å². The molecule has 0 atom stereocenters. The molecule has 740 valence electrons. The fraction of sp³-hybridized carbons (Fsp3) is 0.500. The monoisotopic (exact) mass is 1860 g/mol. The van der Waals surface area contributed by atoms with E-state index in [-0.39, 0.29) is 0 Å². The van der Waals surface area contributed by atoms with Crippen LogP contribution in [0.25, 0.3) is 0 Å². The van der Waals surface area contributed by atoms with Gasteiger partial charge in [0, 0.05) is 55.6 Å². The maximum atomic E-state index is 3.33. The second-order valence-corrected chi connectivity index (χ2v) is 43.1. The first-order chi connectivity index (χ1) is 68.8. The molecule has 0 unspecified atom stereocenters. The minimum atomic E-state index is 0.947. The van der Waals surface area contributed by atoms with Crippen molar-refractivity contribution in [2.24, 2.45) is 59.2 Å². The van der Waals surface area contributed by atoms with Gasteiger partial charge in [0.15, 0.2) is 0 Å². The van der Waals surface area contributed by atoms with Gasteiger partial charge in [0.05, 0.1) is 0 Å². The van der Waals surface area contributed by atoms with Crippen LogP contribution in [-0.4, -0.2) is 0 Å². The maximum absolute atomic E-state index is 3.33. The summed E-state index contributed by atoms with van der Waals surface area (Å²) in [5.74, 6) is 42.8. The lowest BCUT2D eigenvalue weighted by Gasteiger charge is -2.28. The van der Waals surface area contributed by atoms with Crippen molar-refractivity contribution in [1.29, 1.82) is 0 Å². The summed E-state index contributed by atoms with van der Waals surface area (Å²) in [5, 5.41) is 0. The molecule has 0 nitrogen and oxygen atoms in total. The molecule has 0 aliphatic heterocycles. The van der Waals surface area contributed by atoms with Crippen molar-refractivity contribution in [2.75, 3.05) is 0 Å². The Hall–Kier alpha value is -10.0. The van der Waals surface area contributed by atoms with Gasteiger partial charge in [-0.2, -0.15) is 0 Å². The first kappa shape index (κ1) is 110. The normalized spacial score (nSPS) is 19.1. The third kappa shape index (κ3) is 43.0. The summed E-state index contributed by atoms with van der Waals surface area (Å²) < 4.78 is 0. The molecular formula is C140H180. The molecule has 140 heavy (non-hydrogen) atoms. The molecule has 0 radical (unpaired) electrons. The standard InChI is InChI=1S/C30H40.C29H38.C28H36.C27H34.C26H32/c1-3-5-6-8-26-11-15-28(16-12-26)18-20-30-23-21-29(22-24-30)19-17-27-13-9-25(7-4-2)10-14-27;1-3-5-7-25-10-14-27(15-11-25)17-19-29-22-20-28(21-23-29)18-16-26-12-8-24(6-4-2)9-13-26;1-3-5-23-7-11-25(12-8-23)15-17-27-19-21-28(22-20-27)18-16-26-13-9-24(6-4-2)10-14-26;1-3-5-23-10-12-25(13-11-23)16-17-27-20-18-26(19-21-27)15-14-24-8-6-22(4-2)7-9-24;1-3-4-22-9-11-24(12-10-22)15-16-26-19-17-25(18-20-26)14-13-23-7-5-21(2)6-8-23/h11-12,15-16,21-25,27H,3-10,13-14,17,19H2,1-2H3;10-11,14-15,20-24,26H,3-9,12-13,16,18H2,1-2H3;7-8,11-12,19-22,24,26H,3-6,9-10,13-14,16,18H2,1-2H3;6-9,18-21,23,25H,3-5,10-13,16-17H2,1-2H3;5-8,17-20,22,24H,3-4,9-12,15-16H2,1-2H3. The van der Waals surface area contributed by atoms with E-state index in [1.807, 2.05) is 0 Å². The largest absolute Gasteiger partial charge is 0.0654 e. The van der Waals surface area contributed by atoms with Gasteiger partial charge in [-0.1, -0.05) is 467 Å². The van der Waals surface area contributed by atoms with E-state index in [1.165, 1.54) is 364 Å². The minimum absolute atomic E-state index is 0.947. The van der Waals surface area contributed by atoms with E-state index < -0.39 is 0 Å². The zero-order chi connectivity index (χ0) is 98.0. The Morgan fingerprint density at radius 2 is 0.307 bits per heavy atom. The van der Waals surface area contributed by atoms with Gasteiger partial charge in [0.2, 0.25) is 0 Å². The zero-order valence-electron chi connectivity index (χ0n) is 89.2. The van der Waals surface area contributed by atoms with Crippen LogP contribution in [0.5, 0.6) is 0 Å². The Labute approximate surface area is 856 Å². The summed E-state index contributed by atoms with van der Waals surface area (Å²) in [7, 11) is 0. The fourth-order valence-electron chi connectivity index (χ4n) is 22.4. The number of rotatable bonds is 35. The Morgan fingerprint density at radius 3 is 0.479 bits per heavy atom. The van der Waals surface area contributed by atoms with Gasteiger partial charge in [0.1, 0.15) is 0 Å². The van der Waals surface area contributed by atoms with E-state index in [1.54, 1.807) is 0 Å². The van der Waals surface area contributed by atoms with Crippen LogP contribution in [0.1, 0.15) is 437 Å². The van der Waals surface area contributed by atoms with Gasteiger partial charge < -0.3 is 0 Å². The van der Waals surface area contributed by atoms with Crippen molar-refractivity contribution in [3.05, 3.63) is 354 Å². The fourth-order valence-corrected chi connectivity index (χ4v) is 22.4. The van der Waals surface area contributed by atoms with E-state index >= 15 is 0 Å². The van der Waals surface area contributed by atoms with Gasteiger partial charge in [-0.05, 0) is 340 Å². The molecule has 15 rings (SSSR count). The van der Waals surface area contributed by atoms with Crippen molar-refractivity contribution < 1.29 is 0 Å². The first-order valence-electron chi connectivity index (χ1n) is 57.3. The predicted octanol–water partition coefficient (Wildman–Crippen LogP) is 38.0.